The van der Waals surface area contributed by atoms with Crippen LogP contribution in [0.4, 0.5) is 0 Å². The molecule has 1 aromatic heterocycles. The first kappa shape index (κ1) is 16.6. The normalized spacial score (nSPS) is 18.6. The standard InChI is InChI=1S/C17H18N2O4S/c1-24(22,23)19-11-3-6-16(19)15-5-2-4-14(18-15)12-7-9-13(10-8-12)17(20)21/h2,4-5,7-10,16H,3,6,11H2,1H3,(H,20,21)/t16-/m1/s1. The van der Waals surface area contributed by atoms with Gasteiger partial charge in [-0.2, -0.15) is 4.31 Å². The van der Waals surface area contributed by atoms with Gasteiger partial charge in [0, 0.05) is 12.1 Å². The van der Waals surface area contributed by atoms with Gasteiger partial charge in [-0.3, -0.25) is 4.98 Å². The van der Waals surface area contributed by atoms with Gasteiger partial charge in [0.2, 0.25) is 10.0 Å². The lowest BCUT2D eigenvalue weighted by molar-refractivity contribution is 0.0697. The summed E-state index contributed by atoms with van der Waals surface area (Å²) in [6, 6.07) is 11.8. The third-order valence-corrected chi connectivity index (χ3v) is 5.46. The van der Waals surface area contributed by atoms with Crippen LogP contribution in [0.1, 0.15) is 34.9 Å². The Bertz CT molecular complexity index is 862. The number of aromatic nitrogens is 1. The number of aromatic carboxylic acids is 1. The summed E-state index contributed by atoms with van der Waals surface area (Å²) in [7, 11) is -3.26. The van der Waals surface area contributed by atoms with E-state index >= 15 is 0 Å². The smallest absolute Gasteiger partial charge is 0.335 e. The van der Waals surface area contributed by atoms with Crippen LogP contribution in [0, 0.1) is 0 Å². The van der Waals surface area contributed by atoms with Crippen LogP contribution in [-0.4, -0.2) is 41.6 Å². The van der Waals surface area contributed by atoms with Gasteiger partial charge < -0.3 is 5.11 Å². The Labute approximate surface area is 140 Å². The summed E-state index contributed by atoms with van der Waals surface area (Å²) in [6.07, 6.45) is 2.79. The average Bonchev–Trinajstić information content (AvgIpc) is 3.05. The van der Waals surface area contributed by atoms with Crippen LogP contribution in [0.2, 0.25) is 0 Å². The Balaban J connectivity index is 1.93. The van der Waals surface area contributed by atoms with Crippen LogP contribution in [0.15, 0.2) is 42.5 Å². The molecule has 1 saturated heterocycles. The number of carboxylic acid groups (broad SMARTS) is 1. The molecule has 126 valence electrons. The van der Waals surface area contributed by atoms with Crippen LogP contribution >= 0.6 is 0 Å². The second kappa shape index (κ2) is 6.33. The number of benzene rings is 1. The second-order valence-corrected chi connectivity index (χ2v) is 7.80. The van der Waals surface area contributed by atoms with Crippen molar-refractivity contribution in [1.29, 1.82) is 0 Å². The van der Waals surface area contributed by atoms with Crippen molar-refractivity contribution in [3.8, 4) is 11.3 Å². The number of carboxylic acids is 1. The first-order valence-corrected chi connectivity index (χ1v) is 9.48. The summed E-state index contributed by atoms with van der Waals surface area (Å²) in [6.45, 7) is 0.517. The molecular formula is C17H18N2O4S. The number of hydrogen-bond acceptors (Lipinski definition) is 4. The molecule has 1 atom stereocenters. The van der Waals surface area contributed by atoms with Gasteiger partial charge in [-0.05, 0) is 37.1 Å². The molecule has 1 N–H and O–H groups in total. The zero-order chi connectivity index (χ0) is 17.3. The maximum absolute atomic E-state index is 11.9. The Hall–Kier alpha value is -2.25. The molecule has 1 aliphatic heterocycles. The lowest BCUT2D eigenvalue weighted by Crippen LogP contribution is -2.29. The first-order chi connectivity index (χ1) is 11.4. The van der Waals surface area contributed by atoms with Crippen molar-refractivity contribution in [2.45, 2.75) is 18.9 Å². The van der Waals surface area contributed by atoms with Crippen molar-refractivity contribution in [1.82, 2.24) is 9.29 Å². The molecule has 2 aromatic rings. The molecule has 0 saturated carbocycles. The molecule has 0 radical (unpaired) electrons. The molecule has 0 amide bonds. The van der Waals surface area contributed by atoms with Gasteiger partial charge in [0.15, 0.2) is 0 Å². The fourth-order valence-corrected chi connectivity index (χ4v) is 4.15. The van der Waals surface area contributed by atoms with E-state index in [1.165, 1.54) is 22.7 Å². The highest BCUT2D eigenvalue weighted by Gasteiger charge is 2.33. The van der Waals surface area contributed by atoms with E-state index in [-0.39, 0.29) is 11.6 Å². The number of carbonyl (C=O) groups is 1. The zero-order valence-electron chi connectivity index (χ0n) is 13.2. The highest BCUT2D eigenvalue weighted by atomic mass is 32.2. The molecule has 3 rings (SSSR count). The van der Waals surface area contributed by atoms with Crippen LogP contribution < -0.4 is 0 Å². The predicted octanol–water partition coefficient (Wildman–Crippen LogP) is 2.54. The van der Waals surface area contributed by atoms with Gasteiger partial charge >= 0.3 is 5.97 Å². The minimum Gasteiger partial charge on any atom is -0.478 e. The summed E-state index contributed by atoms with van der Waals surface area (Å²) in [5, 5.41) is 8.96. The number of hydrogen-bond donors (Lipinski definition) is 1. The van der Waals surface area contributed by atoms with E-state index < -0.39 is 16.0 Å². The van der Waals surface area contributed by atoms with Crippen molar-refractivity contribution in [2.75, 3.05) is 12.8 Å². The van der Waals surface area contributed by atoms with E-state index in [2.05, 4.69) is 4.98 Å². The highest BCUT2D eigenvalue weighted by Crippen LogP contribution is 2.33. The van der Waals surface area contributed by atoms with Gasteiger partial charge in [0.25, 0.3) is 0 Å². The summed E-state index contributed by atoms with van der Waals surface area (Å²) in [4.78, 5) is 15.5. The Kier molecular flexibility index (Phi) is 4.38. The Morgan fingerprint density at radius 2 is 1.92 bits per heavy atom. The molecular weight excluding hydrogens is 328 g/mol. The van der Waals surface area contributed by atoms with Gasteiger partial charge in [-0.1, -0.05) is 18.2 Å². The maximum Gasteiger partial charge on any atom is 0.335 e. The summed E-state index contributed by atoms with van der Waals surface area (Å²) in [5.41, 5.74) is 2.43. The molecule has 1 fully saturated rings. The van der Waals surface area contributed by atoms with Crippen molar-refractivity contribution >= 4 is 16.0 Å². The van der Waals surface area contributed by atoms with Gasteiger partial charge in [0.1, 0.15) is 0 Å². The van der Waals surface area contributed by atoms with E-state index in [4.69, 9.17) is 5.11 Å². The van der Waals surface area contributed by atoms with Crippen molar-refractivity contribution < 1.29 is 18.3 Å². The maximum atomic E-state index is 11.9. The van der Waals surface area contributed by atoms with E-state index in [1.807, 2.05) is 18.2 Å². The monoisotopic (exact) mass is 346 g/mol. The number of sulfonamides is 1. The zero-order valence-corrected chi connectivity index (χ0v) is 14.0. The van der Waals surface area contributed by atoms with Crippen molar-refractivity contribution in [2.24, 2.45) is 0 Å². The molecule has 24 heavy (non-hydrogen) atoms. The van der Waals surface area contributed by atoms with Crippen LogP contribution in [0.3, 0.4) is 0 Å². The van der Waals surface area contributed by atoms with Gasteiger partial charge in [-0.15, -0.1) is 0 Å². The quantitative estimate of drug-likeness (QED) is 0.919. The molecule has 0 spiro atoms. The van der Waals surface area contributed by atoms with Crippen LogP contribution in [0.5, 0.6) is 0 Å². The number of pyridine rings is 1. The first-order valence-electron chi connectivity index (χ1n) is 7.64. The predicted molar refractivity (Wildman–Crippen MR) is 90.2 cm³/mol. The minimum absolute atomic E-state index is 0.217. The molecule has 1 aliphatic rings. The summed E-state index contributed by atoms with van der Waals surface area (Å²) < 4.78 is 25.3. The molecule has 2 heterocycles. The van der Waals surface area contributed by atoms with Gasteiger partial charge in [-0.25, -0.2) is 13.2 Å². The SMILES string of the molecule is CS(=O)(=O)N1CCC[C@@H]1c1cccc(-c2ccc(C(=O)O)cc2)n1. The van der Waals surface area contributed by atoms with Crippen LogP contribution in [0.25, 0.3) is 11.3 Å². The Morgan fingerprint density at radius 3 is 2.54 bits per heavy atom. The van der Waals surface area contributed by atoms with E-state index in [1.54, 1.807) is 12.1 Å². The van der Waals surface area contributed by atoms with Gasteiger partial charge in [0.05, 0.1) is 29.2 Å². The molecule has 0 unspecified atom stereocenters. The molecule has 0 bridgehead atoms. The van der Waals surface area contributed by atoms with E-state index in [0.717, 1.165) is 24.1 Å². The molecule has 1 aromatic carbocycles. The lowest BCUT2D eigenvalue weighted by Gasteiger charge is -2.22. The average molecular weight is 346 g/mol. The molecule has 0 aliphatic carbocycles. The molecule has 6 nitrogen and oxygen atoms in total. The van der Waals surface area contributed by atoms with Crippen molar-refractivity contribution in [3.05, 3.63) is 53.7 Å². The summed E-state index contributed by atoms with van der Waals surface area (Å²) >= 11 is 0. The fourth-order valence-electron chi connectivity index (χ4n) is 3.01. The third-order valence-electron chi connectivity index (χ3n) is 4.17. The van der Waals surface area contributed by atoms with E-state index in [0.29, 0.717) is 12.2 Å². The second-order valence-electron chi connectivity index (χ2n) is 5.86. The van der Waals surface area contributed by atoms with Crippen LogP contribution in [-0.2, 0) is 10.0 Å². The third kappa shape index (κ3) is 3.32. The molecule has 7 heteroatoms. The fraction of sp³-hybridized carbons (Fsp3) is 0.294. The number of rotatable bonds is 4. The Morgan fingerprint density at radius 1 is 1.21 bits per heavy atom. The minimum atomic E-state index is -3.26. The van der Waals surface area contributed by atoms with E-state index in [9.17, 15) is 13.2 Å². The van der Waals surface area contributed by atoms with Crippen molar-refractivity contribution in [3.63, 3.8) is 0 Å². The summed E-state index contributed by atoms with van der Waals surface area (Å²) in [5.74, 6) is -0.974. The number of nitrogens with zero attached hydrogens (tertiary/aromatic N) is 2. The largest absolute Gasteiger partial charge is 0.478 e. The lowest BCUT2D eigenvalue weighted by atomic mass is 10.1. The highest BCUT2D eigenvalue weighted by molar-refractivity contribution is 7.88. The topological polar surface area (TPSA) is 87.6 Å².